The minimum atomic E-state index is -1.01. The highest BCUT2D eigenvalue weighted by molar-refractivity contribution is 7.85. The summed E-state index contributed by atoms with van der Waals surface area (Å²) < 4.78 is 21.8. The fraction of sp³-hybridized carbons (Fsp3) is 0.500. The number of para-hydroxylation sites is 1. The molecule has 0 amide bonds. The first kappa shape index (κ1) is 15.7. The molecule has 1 rings (SSSR count). The van der Waals surface area contributed by atoms with Gasteiger partial charge >= 0.3 is 5.97 Å². The van der Waals surface area contributed by atoms with E-state index in [1.54, 1.807) is 6.92 Å². The van der Waals surface area contributed by atoms with Gasteiger partial charge in [-0.05, 0) is 18.6 Å². The van der Waals surface area contributed by atoms with Gasteiger partial charge in [0.15, 0.2) is 0 Å². The number of carbonyl (C=O) groups excluding carboxylic acids is 1. The van der Waals surface area contributed by atoms with Crippen LogP contribution >= 0.6 is 0 Å². The quantitative estimate of drug-likeness (QED) is 0.541. The topological polar surface area (TPSA) is 52.6 Å². The molecule has 0 aliphatic heterocycles. The molecule has 0 fully saturated rings. The van der Waals surface area contributed by atoms with Crippen molar-refractivity contribution < 1.29 is 18.5 Å². The Morgan fingerprint density at radius 1 is 1.32 bits per heavy atom. The molecule has 0 radical (unpaired) electrons. The van der Waals surface area contributed by atoms with Crippen molar-refractivity contribution in [2.45, 2.75) is 13.3 Å². The van der Waals surface area contributed by atoms with Crippen molar-refractivity contribution in [2.24, 2.45) is 5.92 Å². The Morgan fingerprint density at radius 3 is 2.63 bits per heavy atom. The lowest BCUT2D eigenvalue weighted by Gasteiger charge is -2.09. The number of methoxy groups -OCH3 is 1. The second-order valence-corrected chi connectivity index (χ2v) is 5.87. The predicted octanol–water partition coefficient (Wildman–Crippen LogP) is 2.01. The zero-order chi connectivity index (χ0) is 14.1. The molecule has 1 aromatic carbocycles. The highest BCUT2D eigenvalue weighted by Gasteiger charge is 2.16. The van der Waals surface area contributed by atoms with Crippen LogP contribution in [-0.4, -0.2) is 35.4 Å². The molecule has 0 heterocycles. The van der Waals surface area contributed by atoms with Crippen molar-refractivity contribution >= 4 is 16.8 Å². The van der Waals surface area contributed by atoms with Crippen molar-refractivity contribution in [1.29, 1.82) is 0 Å². The number of benzene rings is 1. The number of hydrogen-bond donors (Lipinski definition) is 0. The fourth-order valence-electron chi connectivity index (χ4n) is 1.56. The van der Waals surface area contributed by atoms with Crippen LogP contribution in [0.25, 0.3) is 0 Å². The molecule has 19 heavy (non-hydrogen) atoms. The smallest absolute Gasteiger partial charge is 0.309 e. The molecular weight excluding hydrogens is 264 g/mol. The van der Waals surface area contributed by atoms with Crippen LogP contribution in [0.1, 0.15) is 13.3 Å². The molecule has 0 saturated heterocycles. The summed E-state index contributed by atoms with van der Waals surface area (Å²) in [7, 11) is 0.332. The lowest BCUT2D eigenvalue weighted by Crippen LogP contribution is -2.21. The highest BCUT2D eigenvalue weighted by atomic mass is 32.2. The van der Waals surface area contributed by atoms with Gasteiger partial charge in [-0.1, -0.05) is 25.1 Å². The van der Waals surface area contributed by atoms with Crippen LogP contribution in [-0.2, 0) is 20.3 Å². The van der Waals surface area contributed by atoms with Gasteiger partial charge in [-0.15, -0.1) is 0 Å². The van der Waals surface area contributed by atoms with Crippen molar-refractivity contribution in [2.75, 3.05) is 25.2 Å². The zero-order valence-corrected chi connectivity index (χ0v) is 12.2. The Bertz CT molecular complexity index is 405. The summed E-state index contributed by atoms with van der Waals surface area (Å²) in [6.45, 7) is 2.26. The van der Waals surface area contributed by atoms with Crippen molar-refractivity contribution in [3.63, 3.8) is 0 Å². The summed E-state index contributed by atoms with van der Waals surface area (Å²) in [6, 6.07) is 9.51. The van der Waals surface area contributed by atoms with Crippen molar-refractivity contribution in [3.05, 3.63) is 30.3 Å². The van der Waals surface area contributed by atoms with E-state index in [2.05, 4.69) is 4.74 Å². The summed E-state index contributed by atoms with van der Waals surface area (Å²) >= 11 is 0. The molecule has 2 atom stereocenters. The molecule has 0 aliphatic carbocycles. The third kappa shape index (κ3) is 6.38. The first-order valence-corrected chi connectivity index (χ1v) is 7.73. The molecule has 0 saturated carbocycles. The molecule has 2 unspecified atom stereocenters. The second-order valence-electron chi connectivity index (χ2n) is 4.25. The van der Waals surface area contributed by atoms with Crippen LogP contribution < -0.4 is 4.74 Å². The van der Waals surface area contributed by atoms with Crippen LogP contribution in [0.2, 0.25) is 0 Å². The summed E-state index contributed by atoms with van der Waals surface area (Å²) in [5.74, 6) is 1.07. The number of hydrogen-bond acceptors (Lipinski definition) is 4. The predicted molar refractivity (Wildman–Crippen MR) is 75.6 cm³/mol. The Balaban J connectivity index is 2.15. The maximum Gasteiger partial charge on any atom is 0.309 e. The largest absolute Gasteiger partial charge is 0.494 e. The second kappa shape index (κ2) is 8.69. The highest BCUT2D eigenvalue weighted by Crippen LogP contribution is 2.08. The molecular formula is C14H20O4S. The minimum Gasteiger partial charge on any atom is -0.494 e. The van der Waals surface area contributed by atoms with Gasteiger partial charge in [0, 0.05) is 22.3 Å². The molecule has 0 aromatic heterocycles. The number of rotatable bonds is 8. The van der Waals surface area contributed by atoms with Crippen LogP contribution in [0.5, 0.6) is 5.75 Å². The van der Waals surface area contributed by atoms with Gasteiger partial charge in [0.05, 0.1) is 19.6 Å². The average molecular weight is 284 g/mol. The van der Waals surface area contributed by atoms with Crippen molar-refractivity contribution in [1.82, 2.24) is 0 Å². The van der Waals surface area contributed by atoms with E-state index in [1.807, 2.05) is 30.3 Å². The molecule has 106 valence electrons. The molecule has 0 N–H and O–H groups in total. The van der Waals surface area contributed by atoms with Crippen LogP contribution in [0.3, 0.4) is 0 Å². The Hall–Kier alpha value is -1.36. The van der Waals surface area contributed by atoms with Gasteiger partial charge in [0.1, 0.15) is 5.75 Å². The lowest BCUT2D eigenvalue weighted by atomic mass is 10.2. The maximum absolute atomic E-state index is 11.7. The fourth-order valence-corrected chi connectivity index (χ4v) is 2.86. The van der Waals surface area contributed by atoms with Crippen LogP contribution in [0, 0.1) is 5.92 Å². The molecule has 0 spiro atoms. The molecule has 5 heteroatoms. The summed E-state index contributed by atoms with van der Waals surface area (Å²) in [4.78, 5) is 11.2. The third-order valence-corrected chi connectivity index (χ3v) is 4.18. The van der Waals surface area contributed by atoms with Gasteiger partial charge in [-0.25, -0.2) is 0 Å². The first-order valence-electron chi connectivity index (χ1n) is 6.24. The average Bonchev–Trinajstić information content (AvgIpc) is 2.43. The lowest BCUT2D eigenvalue weighted by molar-refractivity contribution is -0.144. The molecule has 4 nitrogen and oxygen atoms in total. The Kier molecular flexibility index (Phi) is 7.18. The van der Waals surface area contributed by atoms with E-state index in [1.165, 1.54) is 7.11 Å². The Labute approximate surface area is 116 Å². The summed E-state index contributed by atoms with van der Waals surface area (Å²) in [5, 5.41) is 0. The molecule has 0 aliphatic rings. The molecule has 1 aromatic rings. The van der Waals surface area contributed by atoms with E-state index >= 15 is 0 Å². The van der Waals surface area contributed by atoms with E-state index in [0.29, 0.717) is 24.5 Å². The first-order chi connectivity index (χ1) is 9.13. The van der Waals surface area contributed by atoms with Crippen LogP contribution in [0.15, 0.2) is 30.3 Å². The summed E-state index contributed by atoms with van der Waals surface area (Å²) in [5.41, 5.74) is 0. The van der Waals surface area contributed by atoms with E-state index in [9.17, 15) is 9.00 Å². The van der Waals surface area contributed by atoms with Gasteiger partial charge in [-0.3, -0.25) is 9.00 Å². The van der Waals surface area contributed by atoms with Gasteiger partial charge < -0.3 is 9.47 Å². The SMILES string of the molecule is COC(=O)C(C)CS(=O)CCCOc1ccccc1. The van der Waals surface area contributed by atoms with Gasteiger partial charge in [-0.2, -0.15) is 0 Å². The normalized spacial score (nSPS) is 13.6. The minimum absolute atomic E-state index is 0.311. The number of esters is 1. The van der Waals surface area contributed by atoms with E-state index in [0.717, 1.165) is 5.75 Å². The maximum atomic E-state index is 11.7. The zero-order valence-electron chi connectivity index (χ0n) is 11.3. The Morgan fingerprint density at radius 2 is 2.00 bits per heavy atom. The standard InChI is InChI=1S/C14H20O4S/c1-12(14(15)17-2)11-19(16)10-6-9-18-13-7-4-3-5-8-13/h3-5,7-8,12H,6,9-11H2,1-2H3. The van der Waals surface area contributed by atoms with E-state index < -0.39 is 10.8 Å². The summed E-state index contributed by atoms with van der Waals surface area (Å²) in [6.07, 6.45) is 0.704. The van der Waals surface area contributed by atoms with Crippen LogP contribution in [0.4, 0.5) is 0 Å². The molecule has 0 bridgehead atoms. The number of carbonyl (C=O) groups is 1. The third-order valence-electron chi connectivity index (χ3n) is 2.57. The monoisotopic (exact) mass is 284 g/mol. The van der Waals surface area contributed by atoms with Gasteiger partial charge in [0.2, 0.25) is 0 Å². The van der Waals surface area contributed by atoms with E-state index in [4.69, 9.17) is 4.74 Å². The van der Waals surface area contributed by atoms with E-state index in [-0.39, 0.29) is 11.9 Å². The van der Waals surface area contributed by atoms with Gasteiger partial charge in [0.25, 0.3) is 0 Å². The number of ether oxygens (including phenoxy) is 2. The van der Waals surface area contributed by atoms with Crippen molar-refractivity contribution in [3.8, 4) is 5.75 Å².